The summed E-state index contributed by atoms with van der Waals surface area (Å²) in [7, 11) is 1.50. The third-order valence-electron chi connectivity index (χ3n) is 2.09. The van der Waals surface area contributed by atoms with E-state index in [9.17, 15) is 9.59 Å². The molecule has 2 N–H and O–H groups in total. The fraction of sp³-hybridized carbons (Fsp3) is 0.733. The van der Waals surface area contributed by atoms with Crippen molar-refractivity contribution in [1.82, 2.24) is 4.90 Å². The van der Waals surface area contributed by atoms with Crippen LogP contribution in [0.1, 0.15) is 48.5 Å². The first kappa shape index (κ1) is 23.7. The second-order valence-electron chi connectivity index (χ2n) is 4.76. The molecule has 1 amide bonds. The Labute approximate surface area is 124 Å². The van der Waals surface area contributed by atoms with Gasteiger partial charge in [-0.3, -0.25) is 4.79 Å². The Hall–Kier alpha value is -1.36. The highest BCUT2D eigenvalue weighted by Gasteiger charge is 2.23. The molecule has 5 nitrogen and oxygen atoms in total. The molecule has 0 aliphatic heterocycles. The number of nitrogens with zero attached hydrogens (tertiary/aromatic N) is 1. The van der Waals surface area contributed by atoms with Gasteiger partial charge in [-0.15, -0.1) is 0 Å². The van der Waals surface area contributed by atoms with Crippen LogP contribution in [0.4, 0.5) is 0 Å². The van der Waals surface area contributed by atoms with Gasteiger partial charge < -0.3 is 15.4 Å². The second kappa shape index (κ2) is 12.7. The van der Waals surface area contributed by atoms with Crippen LogP contribution in [0.15, 0.2) is 12.2 Å². The first-order valence-electron chi connectivity index (χ1n) is 6.85. The number of ether oxygens (including phenoxy) is 1. The van der Waals surface area contributed by atoms with Crippen LogP contribution >= 0.6 is 0 Å². The normalized spacial score (nSPS) is 9.25. The molecule has 20 heavy (non-hydrogen) atoms. The monoisotopic (exact) mass is 288 g/mol. The van der Waals surface area contributed by atoms with Gasteiger partial charge in [0, 0.05) is 18.0 Å². The van der Waals surface area contributed by atoms with Gasteiger partial charge in [0.15, 0.2) is 0 Å². The number of amides is 1. The van der Waals surface area contributed by atoms with E-state index in [0.717, 1.165) is 0 Å². The maximum Gasteiger partial charge on any atom is 0.333 e. The van der Waals surface area contributed by atoms with Crippen LogP contribution in [0.25, 0.3) is 0 Å². The van der Waals surface area contributed by atoms with E-state index in [1.807, 2.05) is 34.6 Å². The lowest BCUT2D eigenvalue weighted by molar-refractivity contribution is -0.143. The van der Waals surface area contributed by atoms with Crippen LogP contribution in [-0.2, 0) is 14.3 Å². The molecule has 0 heterocycles. The highest BCUT2D eigenvalue weighted by atomic mass is 16.5. The van der Waals surface area contributed by atoms with E-state index < -0.39 is 5.97 Å². The molecular formula is C15H32N2O3. The van der Waals surface area contributed by atoms with Crippen LogP contribution in [0.2, 0.25) is 0 Å². The van der Waals surface area contributed by atoms with Gasteiger partial charge in [-0.05, 0) is 34.7 Å². The van der Waals surface area contributed by atoms with Gasteiger partial charge in [0.1, 0.15) is 6.61 Å². The van der Waals surface area contributed by atoms with Gasteiger partial charge in [0.2, 0.25) is 5.91 Å². The highest BCUT2D eigenvalue weighted by molar-refractivity contribution is 5.86. The zero-order valence-corrected chi connectivity index (χ0v) is 14.4. The van der Waals surface area contributed by atoms with E-state index in [2.05, 4.69) is 12.3 Å². The number of nitrogens with two attached hydrogens (primary N) is 1. The van der Waals surface area contributed by atoms with Gasteiger partial charge in [-0.1, -0.05) is 20.4 Å². The Morgan fingerprint density at radius 1 is 1.15 bits per heavy atom. The maximum absolute atomic E-state index is 11.4. The van der Waals surface area contributed by atoms with E-state index >= 15 is 0 Å². The van der Waals surface area contributed by atoms with Crippen LogP contribution in [-0.4, -0.2) is 42.5 Å². The second-order valence-corrected chi connectivity index (χ2v) is 4.76. The molecule has 0 spiro atoms. The number of carbonyl (C=O) groups is 2. The van der Waals surface area contributed by atoms with Gasteiger partial charge >= 0.3 is 5.97 Å². The smallest absolute Gasteiger partial charge is 0.333 e. The molecule has 0 aromatic heterocycles. The van der Waals surface area contributed by atoms with Crippen molar-refractivity contribution in [2.24, 2.45) is 5.73 Å². The van der Waals surface area contributed by atoms with E-state index in [-0.39, 0.29) is 18.1 Å². The first-order chi connectivity index (χ1) is 9.16. The number of esters is 1. The van der Waals surface area contributed by atoms with E-state index in [1.54, 1.807) is 11.8 Å². The Morgan fingerprint density at radius 2 is 1.55 bits per heavy atom. The minimum atomic E-state index is -0.419. The van der Waals surface area contributed by atoms with Gasteiger partial charge in [0.05, 0.1) is 6.54 Å². The Balaban J connectivity index is -0.000000656. The summed E-state index contributed by atoms with van der Waals surface area (Å²) < 4.78 is 4.95. The third-order valence-corrected chi connectivity index (χ3v) is 2.09. The van der Waals surface area contributed by atoms with Gasteiger partial charge in [-0.2, -0.15) is 0 Å². The standard InChI is InChI=1S/C12H21NO3.C2H6.CH5N/c1-9(2)11(15)16-8-7-13(10(3)14)12(4,5)6;2*1-2/h1,7-8H2,2-6H3;1-2H3;2H2,1H3. The molecule has 120 valence electrons. The van der Waals surface area contributed by atoms with Crippen molar-refractivity contribution in [1.29, 1.82) is 0 Å². The van der Waals surface area contributed by atoms with Crippen LogP contribution in [0.3, 0.4) is 0 Å². The van der Waals surface area contributed by atoms with Crippen molar-refractivity contribution in [3.63, 3.8) is 0 Å². The van der Waals surface area contributed by atoms with Crippen molar-refractivity contribution >= 4 is 11.9 Å². The number of hydrogen-bond donors (Lipinski definition) is 1. The first-order valence-corrected chi connectivity index (χ1v) is 6.85. The minimum absolute atomic E-state index is 0.0288. The summed E-state index contributed by atoms with van der Waals surface area (Å²) in [4.78, 5) is 24.2. The summed E-state index contributed by atoms with van der Waals surface area (Å²) in [5.41, 5.74) is 4.60. The molecule has 0 aliphatic carbocycles. The SMILES string of the molecule is C=C(C)C(=O)OCCN(C(C)=O)C(C)(C)C.CC.CN. The molecule has 0 saturated carbocycles. The van der Waals surface area contributed by atoms with Crippen LogP contribution in [0, 0.1) is 0 Å². The highest BCUT2D eigenvalue weighted by Crippen LogP contribution is 2.12. The summed E-state index contributed by atoms with van der Waals surface area (Å²) in [5.74, 6) is -0.448. The molecule has 0 bridgehead atoms. The fourth-order valence-electron chi connectivity index (χ4n) is 1.32. The number of rotatable bonds is 4. The average Bonchev–Trinajstić information content (AvgIpc) is 2.37. The van der Waals surface area contributed by atoms with Crippen molar-refractivity contribution in [2.45, 2.75) is 54.0 Å². The third kappa shape index (κ3) is 11.7. The molecular weight excluding hydrogens is 256 g/mol. The largest absolute Gasteiger partial charge is 0.460 e. The number of carbonyl (C=O) groups excluding carboxylic acids is 2. The van der Waals surface area contributed by atoms with Crippen molar-refractivity contribution < 1.29 is 14.3 Å². The Morgan fingerprint density at radius 3 is 1.80 bits per heavy atom. The lowest BCUT2D eigenvalue weighted by atomic mass is 10.1. The summed E-state index contributed by atoms with van der Waals surface area (Å²) >= 11 is 0. The molecule has 0 aromatic carbocycles. The molecule has 0 unspecified atom stereocenters. The minimum Gasteiger partial charge on any atom is -0.460 e. The van der Waals surface area contributed by atoms with Crippen molar-refractivity contribution in [3.8, 4) is 0 Å². The molecule has 0 radical (unpaired) electrons. The van der Waals surface area contributed by atoms with E-state index in [4.69, 9.17) is 4.74 Å². The maximum atomic E-state index is 11.4. The molecule has 0 aliphatic rings. The lowest BCUT2D eigenvalue weighted by Gasteiger charge is -2.34. The van der Waals surface area contributed by atoms with E-state index in [0.29, 0.717) is 12.1 Å². The van der Waals surface area contributed by atoms with E-state index in [1.165, 1.54) is 14.0 Å². The van der Waals surface area contributed by atoms with Crippen molar-refractivity contribution in [3.05, 3.63) is 12.2 Å². The summed E-state index contributed by atoms with van der Waals surface area (Å²) in [6.07, 6.45) is 0. The zero-order valence-electron chi connectivity index (χ0n) is 14.4. The van der Waals surface area contributed by atoms with Crippen LogP contribution < -0.4 is 5.73 Å². The topological polar surface area (TPSA) is 72.6 Å². The quantitative estimate of drug-likeness (QED) is 0.636. The van der Waals surface area contributed by atoms with Gasteiger partial charge in [0.25, 0.3) is 0 Å². The summed E-state index contributed by atoms with van der Waals surface area (Å²) in [5, 5.41) is 0. The van der Waals surface area contributed by atoms with Crippen LogP contribution in [0.5, 0.6) is 0 Å². The molecule has 5 heteroatoms. The predicted molar refractivity (Wildman–Crippen MR) is 84.4 cm³/mol. The predicted octanol–water partition coefficient (Wildman–Crippen LogP) is 2.35. The number of hydrogen-bond acceptors (Lipinski definition) is 4. The molecule has 0 aromatic rings. The Bertz CT molecular complexity index is 294. The summed E-state index contributed by atoms with van der Waals surface area (Å²) in [6.45, 7) is 17.0. The fourth-order valence-corrected chi connectivity index (χ4v) is 1.32. The summed E-state index contributed by atoms with van der Waals surface area (Å²) in [6, 6.07) is 0. The zero-order chi connectivity index (χ0) is 16.9. The molecule has 0 saturated heterocycles. The van der Waals surface area contributed by atoms with Crippen molar-refractivity contribution in [2.75, 3.05) is 20.2 Å². The Kier molecular flexibility index (Phi) is 15.0. The molecule has 0 rings (SSSR count). The molecule has 0 atom stereocenters. The molecule has 0 fully saturated rings. The average molecular weight is 288 g/mol. The lowest BCUT2D eigenvalue weighted by Crippen LogP contribution is -2.46. The van der Waals surface area contributed by atoms with Gasteiger partial charge in [-0.25, -0.2) is 4.79 Å².